The number of carbonyl (C=O) groups excluding carboxylic acids is 1. The van der Waals surface area contributed by atoms with E-state index in [0.717, 1.165) is 11.1 Å². The number of alkyl halides is 6. The predicted octanol–water partition coefficient (Wildman–Crippen LogP) is 5.38. The highest BCUT2D eigenvalue weighted by Crippen LogP contribution is 2.37. The molecule has 174 valence electrons. The fourth-order valence-electron chi connectivity index (χ4n) is 4.23. The van der Waals surface area contributed by atoms with Crippen LogP contribution in [0.2, 0.25) is 0 Å². The number of nitrogens with zero attached hydrogens (tertiary/aromatic N) is 1. The molecule has 9 heteroatoms. The molecule has 1 aliphatic heterocycles. The highest BCUT2D eigenvalue weighted by atomic mass is 19.4. The van der Waals surface area contributed by atoms with E-state index >= 15 is 0 Å². The topological polar surface area (TPSA) is 32.3 Å². The van der Waals surface area contributed by atoms with E-state index in [0.29, 0.717) is 31.6 Å². The smallest absolute Gasteiger partial charge is 0.341 e. The van der Waals surface area contributed by atoms with Gasteiger partial charge in [-0.25, -0.2) is 0 Å². The van der Waals surface area contributed by atoms with Crippen LogP contribution in [0.1, 0.15) is 40.2 Å². The summed E-state index contributed by atoms with van der Waals surface area (Å²) in [6, 6.07) is 9.08. The van der Waals surface area contributed by atoms with E-state index in [1.807, 2.05) is 31.2 Å². The second-order valence-electron chi connectivity index (χ2n) is 8.17. The first-order valence-corrected chi connectivity index (χ1v) is 10.2. The van der Waals surface area contributed by atoms with E-state index < -0.39 is 29.4 Å². The van der Waals surface area contributed by atoms with Crippen molar-refractivity contribution in [3.05, 3.63) is 70.3 Å². The Morgan fingerprint density at radius 3 is 2.19 bits per heavy atom. The summed E-state index contributed by atoms with van der Waals surface area (Å²) in [4.78, 5) is 14.4. The largest absolute Gasteiger partial charge is 0.416 e. The molecule has 1 heterocycles. The Kier molecular flexibility index (Phi) is 6.88. The maximum absolute atomic E-state index is 13.2. The van der Waals surface area contributed by atoms with Gasteiger partial charge in [-0.05, 0) is 54.8 Å². The molecule has 1 unspecified atom stereocenters. The monoisotopic (exact) mass is 458 g/mol. The van der Waals surface area contributed by atoms with Gasteiger partial charge >= 0.3 is 12.4 Å². The average Bonchev–Trinajstić information content (AvgIpc) is 2.72. The van der Waals surface area contributed by atoms with Gasteiger partial charge in [0.15, 0.2) is 0 Å². The molecule has 1 amide bonds. The van der Waals surface area contributed by atoms with Crippen molar-refractivity contribution < 1.29 is 31.1 Å². The molecule has 0 radical (unpaired) electrons. The third kappa shape index (κ3) is 5.43. The van der Waals surface area contributed by atoms with Crippen LogP contribution in [-0.4, -0.2) is 30.9 Å². The van der Waals surface area contributed by atoms with Gasteiger partial charge in [-0.15, -0.1) is 0 Å². The molecule has 2 aromatic rings. The highest BCUT2D eigenvalue weighted by molar-refractivity contribution is 5.80. The fourth-order valence-corrected chi connectivity index (χ4v) is 4.23. The first kappa shape index (κ1) is 24.1. The number of benzene rings is 2. The van der Waals surface area contributed by atoms with Crippen LogP contribution in [0, 0.1) is 12.8 Å². The van der Waals surface area contributed by atoms with Crippen LogP contribution in [0.25, 0.3) is 0 Å². The number of hydrogen-bond donors (Lipinski definition) is 1. The Bertz CT molecular complexity index is 937. The van der Waals surface area contributed by atoms with E-state index in [1.165, 1.54) is 11.9 Å². The second kappa shape index (κ2) is 9.13. The zero-order chi connectivity index (χ0) is 23.7. The van der Waals surface area contributed by atoms with E-state index in [-0.39, 0.29) is 30.0 Å². The van der Waals surface area contributed by atoms with E-state index in [2.05, 4.69) is 5.32 Å². The fraction of sp³-hybridized carbons (Fsp3) is 0.435. The summed E-state index contributed by atoms with van der Waals surface area (Å²) in [7, 11) is 1.41. The maximum Gasteiger partial charge on any atom is 0.416 e. The Balaban J connectivity index is 1.86. The maximum atomic E-state index is 13.2. The molecule has 2 aromatic carbocycles. The lowest BCUT2D eigenvalue weighted by molar-refractivity contribution is -0.143. The van der Waals surface area contributed by atoms with Crippen LogP contribution in [0.15, 0.2) is 42.5 Å². The lowest BCUT2D eigenvalue weighted by Gasteiger charge is -2.35. The molecule has 2 atom stereocenters. The summed E-state index contributed by atoms with van der Waals surface area (Å²) in [5.41, 5.74) is -0.964. The van der Waals surface area contributed by atoms with Gasteiger partial charge in [-0.1, -0.05) is 24.3 Å². The van der Waals surface area contributed by atoms with Crippen molar-refractivity contribution >= 4 is 5.91 Å². The zero-order valence-electron chi connectivity index (χ0n) is 17.6. The lowest BCUT2D eigenvalue weighted by Crippen LogP contribution is -2.44. The van der Waals surface area contributed by atoms with E-state index in [4.69, 9.17) is 0 Å². The minimum Gasteiger partial charge on any atom is -0.341 e. The number of nitrogens with one attached hydrogen (secondary N) is 1. The van der Waals surface area contributed by atoms with Crippen molar-refractivity contribution in [3.8, 4) is 0 Å². The molecule has 0 saturated carbocycles. The summed E-state index contributed by atoms with van der Waals surface area (Å²) in [5, 5.41) is 3.26. The van der Waals surface area contributed by atoms with Gasteiger partial charge in [-0.3, -0.25) is 4.79 Å². The van der Waals surface area contributed by atoms with Gasteiger partial charge in [-0.2, -0.15) is 26.3 Å². The van der Waals surface area contributed by atoms with Gasteiger partial charge in [0.05, 0.1) is 11.1 Å². The van der Waals surface area contributed by atoms with Gasteiger partial charge in [0.25, 0.3) is 0 Å². The number of carbonyl (C=O) groups is 1. The van der Waals surface area contributed by atoms with Crippen molar-refractivity contribution in [1.29, 1.82) is 0 Å². The second-order valence-corrected chi connectivity index (χ2v) is 8.17. The molecule has 0 spiro atoms. The summed E-state index contributed by atoms with van der Waals surface area (Å²) >= 11 is 0. The number of amides is 1. The Hall–Kier alpha value is -2.55. The predicted molar refractivity (Wildman–Crippen MR) is 108 cm³/mol. The number of aryl methyl sites for hydroxylation is 1. The molecule has 0 aromatic heterocycles. The van der Waals surface area contributed by atoms with Gasteiger partial charge in [0.1, 0.15) is 0 Å². The molecule has 1 aliphatic rings. The van der Waals surface area contributed by atoms with Crippen LogP contribution in [0.3, 0.4) is 0 Å². The molecule has 3 nitrogen and oxygen atoms in total. The van der Waals surface area contributed by atoms with Crippen molar-refractivity contribution in [2.24, 2.45) is 5.92 Å². The van der Waals surface area contributed by atoms with Crippen molar-refractivity contribution in [1.82, 2.24) is 10.2 Å². The normalized spacial score (nSPS) is 19.6. The van der Waals surface area contributed by atoms with E-state index in [1.54, 1.807) is 0 Å². The first-order chi connectivity index (χ1) is 14.9. The highest BCUT2D eigenvalue weighted by Gasteiger charge is 2.38. The van der Waals surface area contributed by atoms with Gasteiger partial charge in [0, 0.05) is 32.0 Å². The molecular weight excluding hydrogens is 434 g/mol. The summed E-state index contributed by atoms with van der Waals surface area (Å²) < 4.78 is 78.9. The van der Waals surface area contributed by atoms with Crippen molar-refractivity contribution in [3.63, 3.8) is 0 Å². The van der Waals surface area contributed by atoms with Crippen LogP contribution < -0.4 is 5.32 Å². The average molecular weight is 458 g/mol. The Morgan fingerprint density at radius 1 is 1.03 bits per heavy atom. The van der Waals surface area contributed by atoms with Crippen LogP contribution in [-0.2, 0) is 23.7 Å². The number of rotatable bonds is 4. The number of halogens is 6. The van der Waals surface area contributed by atoms with Crippen LogP contribution >= 0.6 is 0 Å². The van der Waals surface area contributed by atoms with Crippen LogP contribution in [0.4, 0.5) is 26.3 Å². The minimum absolute atomic E-state index is 0.0896. The quantitative estimate of drug-likeness (QED) is 0.624. The molecule has 0 aliphatic carbocycles. The Labute approximate surface area is 182 Å². The Morgan fingerprint density at radius 2 is 1.62 bits per heavy atom. The SMILES string of the molecule is Cc1ccccc1[C@H]1CNCCC1C(=O)N(C)Cc1cc(C(F)(F)F)cc(C(F)(F)F)c1. The summed E-state index contributed by atoms with van der Waals surface area (Å²) in [6.07, 6.45) is -9.33. The van der Waals surface area contributed by atoms with E-state index in [9.17, 15) is 31.1 Å². The minimum atomic E-state index is -4.93. The molecule has 1 saturated heterocycles. The van der Waals surface area contributed by atoms with Crippen LogP contribution in [0.5, 0.6) is 0 Å². The third-order valence-corrected chi connectivity index (χ3v) is 5.83. The van der Waals surface area contributed by atoms with Gasteiger partial charge < -0.3 is 10.2 Å². The molecule has 1 N–H and O–H groups in total. The van der Waals surface area contributed by atoms with Gasteiger partial charge in [0.2, 0.25) is 5.91 Å². The molecule has 32 heavy (non-hydrogen) atoms. The summed E-state index contributed by atoms with van der Waals surface area (Å²) in [6.45, 7) is 2.76. The summed E-state index contributed by atoms with van der Waals surface area (Å²) in [5.74, 6) is -0.854. The lowest BCUT2D eigenvalue weighted by atomic mass is 9.79. The number of hydrogen-bond acceptors (Lipinski definition) is 2. The zero-order valence-corrected chi connectivity index (χ0v) is 17.6. The third-order valence-electron chi connectivity index (χ3n) is 5.83. The van der Waals surface area contributed by atoms with Crippen molar-refractivity contribution in [2.75, 3.05) is 20.1 Å². The molecular formula is C23H24F6N2O. The first-order valence-electron chi connectivity index (χ1n) is 10.2. The molecule has 3 rings (SSSR count). The molecule has 0 bridgehead atoms. The standard InChI is InChI=1S/C23H24F6N2O/c1-14-5-3-4-6-18(14)20-12-30-8-7-19(20)21(32)31(2)13-15-9-16(22(24,25)26)11-17(10-15)23(27,28)29/h3-6,9-11,19-20,30H,7-8,12-13H2,1-2H3/t19?,20-/m1/s1. The molecule has 1 fully saturated rings. The number of piperidine rings is 1. The van der Waals surface area contributed by atoms with Crippen molar-refractivity contribution in [2.45, 2.75) is 38.2 Å².